The predicted molar refractivity (Wildman–Crippen MR) is 77.1 cm³/mol. The van der Waals surface area contributed by atoms with Gasteiger partial charge in [-0.2, -0.15) is 0 Å². The lowest BCUT2D eigenvalue weighted by Gasteiger charge is -2.36. The van der Waals surface area contributed by atoms with Crippen LogP contribution < -0.4 is 5.32 Å². The molecule has 1 heterocycles. The van der Waals surface area contributed by atoms with Crippen LogP contribution in [0.2, 0.25) is 0 Å². The molecule has 112 valence electrons. The Kier molecular flexibility index (Phi) is 3.99. The summed E-state index contributed by atoms with van der Waals surface area (Å²) in [5.74, 6) is 0.640. The number of carbonyl (C=O) groups is 2. The fraction of sp³-hybridized carbons (Fsp3) is 0.875. The zero-order chi connectivity index (χ0) is 14.1. The minimum atomic E-state index is -0.240. The standard InChI is InChI=1S/C16H26N2O2/c1-11-10-14(19)17-15(12-8-9-12)16(20)18(11)13-6-4-2-3-5-7-13/h11-13,15H,2-10H2,1H3,(H,17,19). The van der Waals surface area contributed by atoms with Crippen LogP contribution in [-0.2, 0) is 9.59 Å². The molecule has 2 aliphatic carbocycles. The van der Waals surface area contributed by atoms with Crippen LogP contribution >= 0.6 is 0 Å². The van der Waals surface area contributed by atoms with E-state index in [1.54, 1.807) is 0 Å². The first-order chi connectivity index (χ1) is 9.66. The molecule has 4 nitrogen and oxygen atoms in total. The van der Waals surface area contributed by atoms with Crippen molar-refractivity contribution in [3.8, 4) is 0 Å². The van der Waals surface area contributed by atoms with Gasteiger partial charge in [-0.1, -0.05) is 25.7 Å². The highest BCUT2D eigenvalue weighted by Crippen LogP contribution is 2.36. The Hall–Kier alpha value is -1.06. The molecule has 0 aromatic rings. The van der Waals surface area contributed by atoms with Crippen LogP contribution in [0.5, 0.6) is 0 Å². The average Bonchev–Trinajstić information content (AvgIpc) is 3.22. The van der Waals surface area contributed by atoms with Crippen molar-refractivity contribution in [1.82, 2.24) is 10.2 Å². The monoisotopic (exact) mass is 278 g/mol. The number of rotatable bonds is 2. The second-order valence-corrected chi connectivity index (χ2v) is 6.83. The van der Waals surface area contributed by atoms with E-state index in [0.29, 0.717) is 18.4 Å². The minimum Gasteiger partial charge on any atom is -0.344 e. The average molecular weight is 278 g/mol. The van der Waals surface area contributed by atoms with Gasteiger partial charge >= 0.3 is 0 Å². The van der Waals surface area contributed by atoms with Gasteiger partial charge in [-0.15, -0.1) is 0 Å². The van der Waals surface area contributed by atoms with Crippen molar-refractivity contribution in [2.45, 2.75) is 82.8 Å². The maximum Gasteiger partial charge on any atom is 0.245 e. The van der Waals surface area contributed by atoms with Gasteiger partial charge in [-0.25, -0.2) is 0 Å². The second kappa shape index (κ2) is 5.74. The summed E-state index contributed by atoms with van der Waals surface area (Å²) >= 11 is 0. The van der Waals surface area contributed by atoms with Crippen molar-refractivity contribution < 1.29 is 9.59 Å². The van der Waals surface area contributed by atoms with Crippen molar-refractivity contribution in [2.75, 3.05) is 0 Å². The van der Waals surface area contributed by atoms with E-state index in [2.05, 4.69) is 10.2 Å². The molecule has 2 atom stereocenters. The van der Waals surface area contributed by atoms with Crippen LogP contribution in [0.15, 0.2) is 0 Å². The normalized spacial score (nSPS) is 33.5. The van der Waals surface area contributed by atoms with Crippen molar-refractivity contribution in [3.05, 3.63) is 0 Å². The third-order valence-corrected chi connectivity index (χ3v) is 5.10. The molecular weight excluding hydrogens is 252 g/mol. The molecule has 2 unspecified atom stereocenters. The number of hydrogen-bond donors (Lipinski definition) is 1. The summed E-state index contributed by atoms with van der Waals surface area (Å²) in [5.41, 5.74) is 0. The fourth-order valence-electron chi connectivity index (χ4n) is 3.86. The van der Waals surface area contributed by atoms with E-state index >= 15 is 0 Å². The Labute approximate surface area is 121 Å². The van der Waals surface area contributed by atoms with E-state index in [9.17, 15) is 9.59 Å². The predicted octanol–water partition coefficient (Wildman–Crippen LogP) is 2.22. The topological polar surface area (TPSA) is 49.4 Å². The van der Waals surface area contributed by atoms with Crippen LogP contribution in [0.3, 0.4) is 0 Å². The summed E-state index contributed by atoms with van der Waals surface area (Å²) in [6.07, 6.45) is 9.88. The van der Waals surface area contributed by atoms with Crippen molar-refractivity contribution in [3.63, 3.8) is 0 Å². The molecule has 0 aromatic carbocycles. The lowest BCUT2D eigenvalue weighted by atomic mass is 10.0. The highest BCUT2D eigenvalue weighted by atomic mass is 16.2. The molecule has 0 bridgehead atoms. The van der Waals surface area contributed by atoms with Gasteiger partial charge in [0.15, 0.2) is 0 Å². The maximum absolute atomic E-state index is 12.9. The summed E-state index contributed by atoms with van der Waals surface area (Å²) in [6, 6.07) is 0.166. The Morgan fingerprint density at radius 2 is 1.65 bits per heavy atom. The summed E-state index contributed by atoms with van der Waals surface area (Å²) in [6.45, 7) is 2.04. The van der Waals surface area contributed by atoms with Gasteiger partial charge < -0.3 is 10.2 Å². The van der Waals surface area contributed by atoms with Crippen molar-refractivity contribution in [1.29, 1.82) is 0 Å². The number of amides is 2. The van der Waals surface area contributed by atoms with Gasteiger partial charge in [-0.05, 0) is 38.5 Å². The van der Waals surface area contributed by atoms with E-state index in [-0.39, 0.29) is 23.9 Å². The number of nitrogens with one attached hydrogen (secondary N) is 1. The quantitative estimate of drug-likeness (QED) is 0.787. The van der Waals surface area contributed by atoms with Gasteiger partial charge in [0.2, 0.25) is 11.8 Å². The van der Waals surface area contributed by atoms with Gasteiger partial charge in [-0.3, -0.25) is 9.59 Å². The summed E-state index contributed by atoms with van der Waals surface area (Å²) in [7, 11) is 0. The van der Waals surface area contributed by atoms with Crippen molar-refractivity contribution in [2.24, 2.45) is 5.92 Å². The SMILES string of the molecule is CC1CC(=O)NC(C2CC2)C(=O)N1C1CCCCCC1. The van der Waals surface area contributed by atoms with E-state index in [0.717, 1.165) is 25.7 Å². The summed E-state index contributed by atoms with van der Waals surface area (Å²) < 4.78 is 0. The van der Waals surface area contributed by atoms with Crippen LogP contribution in [0.4, 0.5) is 0 Å². The second-order valence-electron chi connectivity index (χ2n) is 6.83. The third-order valence-electron chi connectivity index (χ3n) is 5.10. The zero-order valence-corrected chi connectivity index (χ0v) is 12.4. The van der Waals surface area contributed by atoms with Crippen LogP contribution in [0, 0.1) is 5.92 Å². The maximum atomic E-state index is 12.9. The third kappa shape index (κ3) is 2.84. The lowest BCUT2D eigenvalue weighted by Crippen LogP contribution is -2.51. The molecule has 1 N–H and O–H groups in total. The van der Waals surface area contributed by atoms with Gasteiger partial charge in [0.1, 0.15) is 6.04 Å². The summed E-state index contributed by atoms with van der Waals surface area (Å²) in [4.78, 5) is 27.0. The fourth-order valence-corrected chi connectivity index (χ4v) is 3.86. The molecule has 2 amide bonds. The Balaban J connectivity index is 1.80. The first kappa shape index (κ1) is 13.9. The highest BCUT2D eigenvalue weighted by Gasteiger charge is 2.44. The molecule has 3 rings (SSSR count). The molecule has 3 aliphatic rings. The molecule has 0 spiro atoms. The van der Waals surface area contributed by atoms with Gasteiger partial charge in [0, 0.05) is 18.5 Å². The molecule has 0 radical (unpaired) electrons. The molecule has 4 heteroatoms. The van der Waals surface area contributed by atoms with Crippen LogP contribution in [0.25, 0.3) is 0 Å². The molecule has 0 aromatic heterocycles. The molecule has 1 saturated heterocycles. The molecule has 1 aliphatic heterocycles. The smallest absolute Gasteiger partial charge is 0.245 e. The first-order valence-corrected chi connectivity index (χ1v) is 8.28. The molecular formula is C16H26N2O2. The Bertz CT molecular complexity index is 384. The largest absolute Gasteiger partial charge is 0.344 e. The van der Waals surface area contributed by atoms with E-state index < -0.39 is 0 Å². The zero-order valence-electron chi connectivity index (χ0n) is 12.4. The number of nitrogens with zero attached hydrogens (tertiary/aromatic N) is 1. The molecule has 2 saturated carbocycles. The Morgan fingerprint density at radius 1 is 1.00 bits per heavy atom. The number of carbonyl (C=O) groups excluding carboxylic acids is 2. The minimum absolute atomic E-state index is 0.0503. The molecule has 3 fully saturated rings. The lowest BCUT2D eigenvalue weighted by molar-refractivity contribution is -0.138. The summed E-state index contributed by atoms with van der Waals surface area (Å²) in [5, 5.41) is 2.98. The van der Waals surface area contributed by atoms with Crippen molar-refractivity contribution >= 4 is 11.8 Å². The van der Waals surface area contributed by atoms with E-state index in [4.69, 9.17) is 0 Å². The van der Waals surface area contributed by atoms with Crippen LogP contribution in [-0.4, -0.2) is 34.8 Å². The molecule has 20 heavy (non-hydrogen) atoms. The van der Waals surface area contributed by atoms with Crippen LogP contribution in [0.1, 0.15) is 64.7 Å². The Morgan fingerprint density at radius 3 is 2.25 bits per heavy atom. The van der Waals surface area contributed by atoms with Gasteiger partial charge in [0.05, 0.1) is 0 Å². The van der Waals surface area contributed by atoms with E-state index in [1.165, 1.54) is 25.7 Å². The first-order valence-electron chi connectivity index (χ1n) is 8.28. The van der Waals surface area contributed by atoms with Gasteiger partial charge in [0.25, 0.3) is 0 Å². The number of hydrogen-bond acceptors (Lipinski definition) is 2. The van der Waals surface area contributed by atoms with E-state index in [1.807, 2.05) is 6.92 Å². The highest BCUT2D eigenvalue weighted by molar-refractivity contribution is 5.91.